The van der Waals surface area contributed by atoms with Crippen LogP contribution >= 0.6 is 0 Å². The molecule has 0 fully saturated rings. The molecule has 0 radical (unpaired) electrons. The molecule has 1 amide bonds. The Kier molecular flexibility index (Phi) is 5.43. The molecule has 2 aromatic carbocycles. The smallest absolute Gasteiger partial charge is 0.255 e. The van der Waals surface area contributed by atoms with Gasteiger partial charge in [0.1, 0.15) is 17.5 Å². The van der Waals surface area contributed by atoms with Gasteiger partial charge in [-0.2, -0.15) is 4.98 Å². The molecular weight excluding hydrogens is 432 g/mol. The van der Waals surface area contributed by atoms with Crippen molar-refractivity contribution in [3.8, 4) is 22.9 Å². The predicted octanol–water partition coefficient (Wildman–Crippen LogP) is 3.98. The molecule has 34 heavy (non-hydrogen) atoms. The fourth-order valence-corrected chi connectivity index (χ4v) is 4.00. The second-order valence-electron chi connectivity index (χ2n) is 7.76. The normalized spacial score (nSPS) is 14.8. The second-order valence-corrected chi connectivity index (χ2v) is 7.76. The molecule has 0 bridgehead atoms. The highest BCUT2D eigenvalue weighted by atomic mass is 16.5. The molecule has 3 N–H and O–H groups in total. The topological polar surface area (TPSA) is 114 Å². The highest BCUT2D eigenvalue weighted by Crippen LogP contribution is 2.37. The Labute approximate surface area is 195 Å². The number of benzene rings is 2. The summed E-state index contributed by atoms with van der Waals surface area (Å²) < 4.78 is 7.07. The molecule has 0 spiro atoms. The van der Waals surface area contributed by atoms with Gasteiger partial charge in [-0.15, -0.1) is 5.10 Å². The van der Waals surface area contributed by atoms with Crippen LogP contribution in [0.4, 0.5) is 11.6 Å². The third-order valence-electron chi connectivity index (χ3n) is 5.58. The number of methoxy groups -OCH3 is 1. The van der Waals surface area contributed by atoms with Crippen LogP contribution in [0.5, 0.6) is 11.5 Å². The van der Waals surface area contributed by atoms with Gasteiger partial charge in [-0.05, 0) is 48.9 Å². The predicted molar refractivity (Wildman–Crippen MR) is 127 cm³/mol. The molecule has 4 aromatic rings. The summed E-state index contributed by atoms with van der Waals surface area (Å²) in [6.45, 7) is 1.83. The molecule has 1 atom stereocenters. The van der Waals surface area contributed by atoms with E-state index in [1.54, 1.807) is 54.5 Å². The van der Waals surface area contributed by atoms with Crippen molar-refractivity contribution in [3.63, 3.8) is 0 Å². The van der Waals surface area contributed by atoms with Gasteiger partial charge < -0.3 is 20.5 Å². The summed E-state index contributed by atoms with van der Waals surface area (Å²) >= 11 is 0. The quantitative estimate of drug-likeness (QED) is 0.418. The van der Waals surface area contributed by atoms with Crippen molar-refractivity contribution in [3.05, 3.63) is 89.9 Å². The molecule has 0 saturated heterocycles. The Morgan fingerprint density at radius 1 is 1.12 bits per heavy atom. The molecule has 0 aliphatic carbocycles. The number of nitrogens with zero attached hydrogens (tertiary/aromatic N) is 4. The number of carbonyl (C=O) groups is 1. The molecule has 5 rings (SSSR count). The highest BCUT2D eigenvalue weighted by Gasteiger charge is 2.34. The molecule has 0 saturated carbocycles. The number of allylic oxidation sites excluding steroid dienone is 1. The van der Waals surface area contributed by atoms with Gasteiger partial charge in [0.2, 0.25) is 5.95 Å². The van der Waals surface area contributed by atoms with Crippen molar-refractivity contribution < 1.29 is 14.6 Å². The summed E-state index contributed by atoms with van der Waals surface area (Å²) in [5.41, 5.74) is 3.19. The molecule has 9 heteroatoms. The number of hydrogen-bond acceptors (Lipinski definition) is 7. The minimum atomic E-state index is -0.549. The van der Waals surface area contributed by atoms with E-state index in [-0.39, 0.29) is 11.7 Å². The molecule has 1 aliphatic heterocycles. The van der Waals surface area contributed by atoms with E-state index >= 15 is 0 Å². The Balaban J connectivity index is 1.59. The minimum absolute atomic E-state index is 0.120. The SMILES string of the molecule is COc1ccccc1NC(=O)C1=C(C)Nc2nc(-c3cccc(O)c3)nn2C1c1ccncc1. The first-order valence-corrected chi connectivity index (χ1v) is 10.6. The number of rotatable bonds is 5. The second kappa shape index (κ2) is 8.70. The van der Waals surface area contributed by atoms with Gasteiger partial charge in [0, 0.05) is 23.7 Å². The number of phenolic OH excluding ortho intramolecular Hbond substituents is 1. The number of phenols is 1. The van der Waals surface area contributed by atoms with Crippen LogP contribution in [0.25, 0.3) is 11.4 Å². The first-order chi connectivity index (χ1) is 16.5. The number of aromatic hydroxyl groups is 1. The average molecular weight is 454 g/mol. The fourth-order valence-electron chi connectivity index (χ4n) is 4.00. The average Bonchev–Trinajstić information content (AvgIpc) is 3.27. The summed E-state index contributed by atoms with van der Waals surface area (Å²) in [5, 5.41) is 20.8. The van der Waals surface area contributed by atoms with E-state index in [0.717, 1.165) is 5.56 Å². The lowest BCUT2D eigenvalue weighted by Crippen LogP contribution is -2.31. The standard InChI is InChI=1S/C25H22N6O3/c1-15-21(24(33)28-19-8-3-4-9-20(19)34-2)22(16-10-12-26-13-11-16)31-25(27-15)29-23(30-31)17-6-5-7-18(32)14-17/h3-14,22,32H,1-2H3,(H,28,33)(H,27,29,30). The first kappa shape index (κ1) is 21.2. The van der Waals surface area contributed by atoms with E-state index in [9.17, 15) is 9.90 Å². The van der Waals surface area contributed by atoms with Gasteiger partial charge in [-0.3, -0.25) is 9.78 Å². The zero-order chi connectivity index (χ0) is 23.7. The van der Waals surface area contributed by atoms with E-state index in [0.29, 0.717) is 40.0 Å². The van der Waals surface area contributed by atoms with Crippen molar-refractivity contribution in [1.29, 1.82) is 0 Å². The van der Waals surface area contributed by atoms with Crippen LogP contribution in [0.1, 0.15) is 18.5 Å². The van der Waals surface area contributed by atoms with Gasteiger partial charge in [0.15, 0.2) is 5.82 Å². The Bertz CT molecular complexity index is 1400. The van der Waals surface area contributed by atoms with Crippen LogP contribution in [0.2, 0.25) is 0 Å². The number of carbonyl (C=O) groups excluding carboxylic acids is 1. The fraction of sp³-hybridized carbons (Fsp3) is 0.120. The van der Waals surface area contributed by atoms with E-state index in [1.807, 2.05) is 37.3 Å². The van der Waals surface area contributed by atoms with Crippen molar-refractivity contribution in [2.75, 3.05) is 17.7 Å². The third-order valence-corrected chi connectivity index (χ3v) is 5.58. The monoisotopic (exact) mass is 454 g/mol. The number of ether oxygens (including phenoxy) is 1. The Morgan fingerprint density at radius 3 is 2.68 bits per heavy atom. The summed E-state index contributed by atoms with van der Waals surface area (Å²) in [6, 6.07) is 17.1. The van der Waals surface area contributed by atoms with Crippen molar-refractivity contribution in [2.24, 2.45) is 0 Å². The molecule has 1 aliphatic rings. The summed E-state index contributed by atoms with van der Waals surface area (Å²) in [7, 11) is 1.56. The van der Waals surface area contributed by atoms with Crippen molar-refractivity contribution in [2.45, 2.75) is 13.0 Å². The van der Waals surface area contributed by atoms with Crippen molar-refractivity contribution in [1.82, 2.24) is 19.7 Å². The molecule has 170 valence electrons. The minimum Gasteiger partial charge on any atom is -0.508 e. The van der Waals surface area contributed by atoms with Gasteiger partial charge in [0.25, 0.3) is 5.91 Å². The van der Waals surface area contributed by atoms with Crippen LogP contribution in [0.15, 0.2) is 84.3 Å². The Hall–Kier alpha value is -4.66. The Morgan fingerprint density at radius 2 is 1.91 bits per heavy atom. The number of aromatic nitrogens is 4. The zero-order valence-corrected chi connectivity index (χ0v) is 18.6. The summed E-state index contributed by atoms with van der Waals surface area (Å²) in [4.78, 5) is 22.3. The summed E-state index contributed by atoms with van der Waals surface area (Å²) in [5.74, 6) is 1.31. The zero-order valence-electron chi connectivity index (χ0n) is 18.6. The van der Waals surface area contributed by atoms with Crippen LogP contribution in [-0.2, 0) is 4.79 Å². The van der Waals surface area contributed by atoms with Crippen LogP contribution in [0.3, 0.4) is 0 Å². The number of para-hydroxylation sites is 2. The van der Waals surface area contributed by atoms with Crippen LogP contribution < -0.4 is 15.4 Å². The molecule has 3 heterocycles. The number of nitrogens with one attached hydrogen (secondary N) is 2. The number of hydrogen-bond donors (Lipinski definition) is 3. The lowest BCUT2D eigenvalue weighted by atomic mass is 9.96. The van der Waals surface area contributed by atoms with Gasteiger partial charge in [0.05, 0.1) is 18.4 Å². The highest BCUT2D eigenvalue weighted by molar-refractivity contribution is 6.06. The molecule has 1 unspecified atom stereocenters. The van der Waals surface area contributed by atoms with E-state index in [2.05, 4.69) is 20.6 Å². The maximum Gasteiger partial charge on any atom is 0.255 e. The number of fused-ring (bicyclic) bond motifs is 1. The van der Waals surface area contributed by atoms with E-state index in [1.165, 1.54) is 0 Å². The van der Waals surface area contributed by atoms with Crippen LogP contribution in [-0.4, -0.2) is 37.9 Å². The largest absolute Gasteiger partial charge is 0.508 e. The van der Waals surface area contributed by atoms with E-state index in [4.69, 9.17) is 9.84 Å². The van der Waals surface area contributed by atoms with Gasteiger partial charge in [-0.1, -0.05) is 24.3 Å². The maximum atomic E-state index is 13.6. The number of amides is 1. The number of pyridine rings is 1. The molecular formula is C25H22N6O3. The lowest BCUT2D eigenvalue weighted by Gasteiger charge is -2.28. The van der Waals surface area contributed by atoms with Crippen LogP contribution in [0, 0.1) is 0 Å². The van der Waals surface area contributed by atoms with E-state index < -0.39 is 6.04 Å². The third kappa shape index (κ3) is 3.83. The molecule has 2 aromatic heterocycles. The molecule has 9 nitrogen and oxygen atoms in total. The summed E-state index contributed by atoms with van der Waals surface area (Å²) in [6.07, 6.45) is 3.35. The van der Waals surface area contributed by atoms with Gasteiger partial charge >= 0.3 is 0 Å². The van der Waals surface area contributed by atoms with Gasteiger partial charge in [-0.25, -0.2) is 4.68 Å². The lowest BCUT2D eigenvalue weighted by molar-refractivity contribution is -0.113. The maximum absolute atomic E-state index is 13.6. The first-order valence-electron chi connectivity index (χ1n) is 10.6. The van der Waals surface area contributed by atoms with Crippen molar-refractivity contribution >= 4 is 17.5 Å². The number of anilines is 2.